The highest BCUT2D eigenvalue weighted by atomic mass is 35.5. The first-order valence-corrected chi connectivity index (χ1v) is 9.41. The van der Waals surface area contributed by atoms with E-state index < -0.39 is 0 Å². The smallest absolute Gasteiger partial charge is 0.265 e. The molecule has 8 heteroatoms. The van der Waals surface area contributed by atoms with E-state index in [1.807, 2.05) is 11.4 Å². The molecule has 0 aliphatic heterocycles. The molecule has 2 aromatic carbocycles. The summed E-state index contributed by atoms with van der Waals surface area (Å²) in [7, 11) is 1.45. The molecule has 3 rings (SSSR count). The van der Waals surface area contributed by atoms with Gasteiger partial charge in [0, 0.05) is 16.9 Å². The molecule has 0 aliphatic carbocycles. The van der Waals surface area contributed by atoms with Gasteiger partial charge in [-0.3, -0.25) is 9.59 Å². The second-order valence-corrected chi connectivity index (χ2v) is 7.20. The summed E-state index contributed by atoms with van der Waals surface area (Å²) in [5.41, 5.74) is 1.50. The molecule has 27 heavy (non-hydrogen) atoms. The van der Waals surface area contributed by atoms with Crippen molar-refractivity contribution in [3.63, 3.8) is 0 Å². The van der Waals surface area contributed by atoms with Crippen LogP contribution in [0.2, 0.25) is 10.0 Å². The maximum atomic E-state index is 12.4. The fraction of sp³-hybridized carbons (Fsp3) is 0.0526. The van der Waals surface area contributed by atoms with Crippen molar-refractivity contribution in [2.45, 2.75) is 0 Å². The van der Waals surface area contributed by atoms with Gasteiger partial charge in [-0.1, -0.05) is 29.3 Å². The van der Waals surface area contributed by atoms with E-state index in [4.69, 9.17) is 27.9 Å². The Balaban J connectivity index is 1.67. The van der Waals surface area contributed by atoms with Gasteiger partial charge in [0.25, 0.3) is 11.8 Å². The van der Waals surface area contributed by atoms with E-state index in [2.05, 4.69) is 10.6 Å². The van der Waals surface area contributed by atoms with Gasteiger partial charge in [0.05, 0.1) is 22.0 Å². The van der Waals surface area contributed by atoms with E-state index >= 15 is 0 Å². The Labute approximate surface area is 169 Å². The predicted octanol–water partition coefficient (Wildman–Crippen LogP) is 5.57. The molecule has 138 valence electrons. The van der Waals surface area contributed by atoms with Crippen molar-refractivity contribution >= 4 is 57.7 Å². The highest BCUT2D eigenvalue weighted by Gasteiger charge is 2.14. The minimum atomic E-state index is -0.364. The van der Waals surface area contributed by atoms with Crippen LogP contribution in [-0.2, 0) is 0 Å². The minimum Gasteiger partial charge on any atom is -0.494 e. The molecule has 0 unspecified atom stereocenters. The van der Waals surface area contributed by atoms with E-state index in [0.29, 0.717) is 27.6 Å². The summed E-state index contributed by atoms with van der Waals surface area (Å²) < 4.78 is 5.07. The summed E-state index contributed by atoms with van der Waals surface area (Å²) in [5, 5.41) is 7.89. The lowest BCUT2D eigenvalue weighted by Crippen LogP contribution is -2.13. The van der Waals surface area contributed by atoms with Crippen molar-refractivity contribution < 1.29 is 14.3 Å². The van der Waals surface area contributed by atoms with Crippen LogP contribution in [0.25, 0.3) is 0 Å². The third kappa shape index (κ3) is 4.60. The summed E-state index contributed by atoms with van der Waals surface area (Å²) in [4.78, 5) is 25.1. The van der Waals surface area contributed by atoms with Gasteiger partial charge in [-0.25, -0.2) is 0 Å². The Hall–Kier alpha value is -2.54. The highest BCUT2D eigenvalue weighted by Crippen LogP contribution is 2.34. The van der Waals surface area contributed by atoms with E-state index in [1.54, 1.807) is 30.3 Å². The molecule has 3 aromatic rings. The fourth-order valence-electron chi connectivity index (χ4n) is 2.33. The van der Waals surface area contributed by atoms with Crippen LogP contribution in [0, 0.1) is 0 Å². The summed E-state index contributed by atoms with van der Waals surface area (Å²) in [6, 6.07) is 13.3. The second-order valence-electron chi connectivity index (χ2n) is 5.44. The van der Waals surface area contributed by atoms with Gasteiger partial charge in [-0.2, -0.15) is 0 Å². The van der Waals surface area contributed by atoms with Crippen molar-refractivity contribution in [3.8, 4) is 5.75 Å². The Morgan fingerprint density at radius 1 is 0.926 bits per heavy atom. The average molecular weight is 421 g/mol. The topological polar surface area (TPSA) is 67.4 Å². The molecule has 0 bridgehead atoms. The number of ether oxygens (including phenoxy) is 1. The summed E-state index contributed by atoms with van der Waals surface area (Å²) >= 11 is 13.5. The summed E-state index contributed by atoms with van der Waals surface area (Å²) in [5.74, 6) is -0.221. The van der Waals surface area contributed by atoms with Crippen LogP contribution in [0.3, 0.4) is 0 Å². The fourth-order valence-corrected chi connectivity index (χ4v) is 3.59. The number of rotatable bonds is 5. The monoisotopic (exact) mass is 420 g/mol. The molecule has 0 atom stereocenters. The normalized spacial score (nSPS) is 10.3. The van der Waals surface area contributed by atoms with Gasteiger partial charge >= 0.3 is 0 Å². The molecule has 1 aromatic heterocycles. The van der Waals surface area contributed by atoms with Crippen LogP contribution in [0.5, 0.6) is 5.75 Å². The second kappa shape index (κ2) is 8.43. The molecular weight excluding hydrogens is 407 g/mol. The van der Waals surface area contributed by atoms with E-state index in [1.165, 1.54) is 30.6 Å². The number of hydrogen-bond donors (Lipinski definition) is 2. The first kappa shape index (κ1) is 19.2. The first-order valence-electron chi connectivity index (χ1n) is 7.77. The number of nitrogens with one attached hydrogen (secondary N) is 2. The van der Waals surface area contributed by atoms with Crippen LogP contribution < -0.4 is 15.4 Å². The van der Waals surface area contributed by atoms with Crippen molar-refractivity contribution in [1.82, 2.24) is 0 Å². The van der Waals surface area contributed by atoms with Crippen LogP contribution >= 0.6 is 34.5 Å². The van der Waals surface area contributed by atoms with Crippen molar-refractivity contribution in [2.75, 3.05) is 17.7 Å². The van der Waals surface area contributed by atoms with Crippen molar-refractivity contribution in [1.29, 1.82) is 0 Å². The van der Waals surface area contributed by atoms with Gasteiger partial charge < -0.3 is 15.4 Å². The Morgan fingerprint density at radius 2 is 1.48 bits per heavy atom. The summed E-state index contributed by atoms with van der Waals surface area (Å²) in [6.45, 7) is 0. The zero-order valence-corrected chi connectivity index (χ0v) is 16.4. The van der Waals surface area contributed by atoms with Crippen LogP contribution in [-0.4, -0.2) is 18.9 Å². The van der Waals surface area contributed by atoms with Crippen molar-refractivity contribution in [3.05, 3.63) is 74.4 Å². The number of carbonyl (C=O) groups excluding carboxylic acids is 2. The quantitative estimate of drug-likeness (QED) is 0.566. The molecule has 0 saturated heterocycles. The van der Waals surface area contributed by atoms with E-state index in [-0.39, 0.29) is 21.9 Å². The SMILES string of the molecule is COc1c(Cl)cc(C(=O)Nc2ccc(NC(=O)c3cccs3)cc2)cc1Cl. The third-order valence-corrected chi connectivity index (χ3v) is 5.04. The molecule has 0 fully saturated rings. The van der Waals surface area contributed by atoms with Gasteiger partial charge in [-0.15, -0.1) is 11.3 Å². The number of amides is 2. The molecular formula is C19H14Cl2N2O3S. The molecule has 0 radical (unpaired) electrons. The average Bonchev–Trinajstić information content (AvgIpc) is 3.18. The van der Waals surface area contributed by atoms with Gasteiger partial charge in [-0.05, 0) is 47.8 Å². The molecule has 1 heterocycles. The van der Waals surface area contributed by atoms with E-state index in [9.17, 15) is 9.59 Å². The zero-order valence-electron chi connectivity index (χ0n) is 14.1. The largest absolute Gasteiger partial charge is 0.494 e. The lowest BCUT2D eigenvalue weighted by molar-refractivity contribution is 0.102. The lowest BCUT2D eigenvalue weighted by Gasteiger charge is -2.10. The molecule has 2 amide bonds. The third-order valence-electron chi connectivity index (χ3n) is 3.61. The summed E-state index contributed by atoms with van der Waals surface area (Å²) in [6.07, 6.45) is 0. The molecule has 0 aliphatic rings. The Bertz CT molecular complexity index is 950. The van der Waals surface area contributed by atoms with E-state index in [0.717, 1.165) is 0 Å². The molecule has 0 spiro atoms. The van der Waals surface area contributed by atoms with Crippen LogP contribution in [0.4, 0.5) is 11.4 Å². The minimum absolute atomic E-state index is 0.177. The number of benzene rings is 2. The molecule has 0 saturated carbocycles. The van der Waals surface area contributed by atoms with Crippen LogP contribution in [0.1, 0.15) is 20.0 Å². The highest BCUT2D eigenvalue weighted by molar-refractivity contribution is 7.12. The number of methoxy groups -OCH3 is 1. The van der Waals surface area contributed by atoms with Gasteiger partial charge in [0.2, 0.25) is 0 Å². The number of carbonyl (C=O) groups is 2. The molecule has 2 N–H and O–H groups in total. The molecule has 5 nitrogen and oxygen atoms in total. The zero-order chi connectivity index (χ0) is 19.4. The Morgan fingerprint density at radius 3 is 1.96 bits per heavy atom. The number of thiophene rings is 1. The maximum absolute atomic E-state index is 12.4. The predicted molar refractivity (Wildman–Crippen MR) is 110 cm³/mol. The number of hydrogen-bond acceptors (Lipinski definition) is 4. The standard InChI is InChI=1S/C19H14Cl2N2O3S/c1-26-17-14(20)9-11(10-15(17)21)18(24)22-12-4-6-13(7-5-12)23-19(25)16-3-2-8-27-16/h2-10H,1H3,(H,22,24)(H,23,25). The Kier molecular flexibility index (Phi) is 6.01. The van der Waals surface area contributed by atoms with Crippen molar-refractivity contribution in [2.24, 2.45) is 0 Å². The van der Waals surface area contributed by atoms with Crippen LogP contribution in [0.15, 0.2) is 53.9 Å². The number of halogens is 2. The van der Waals surface area contributed by atoms with Gasteiger partial charge in [0.1, 0.15) is 0 Å². The van der Waals surface area contributed by atoms with Gasteiger partial charge in [0.15, 0.2) is 5.75 Å². The number of anilines is 2. The first-order chi connectivity index (χ1) is 13.0. The lowest BCUT2D eigenvalue weighted by atomic mass is 10.2. The maximum Gasteiger partial charge on any atom is 0.265 e.